The molecule has 0 aliphatic heterocycles. The molecule has 0 aliphatic carbocycles. The van der Waals surface area contributed by atoms with E-state index in [4.69, 9.17) is 26.2 Å². The molecule has 0 radical (unpaired) electrons. The summed E-state index contributed by atoms with van der Waals surface area (Å²) in [5.41, 5.74) is 3.16. The van der Waals surface area contributed by atoms with Crippen LogP contribution in [0.4, 0.5) is 0 Å². The first-order valence-electron chi connectivity index (χ1n) is 12.0. The molecule has 3 aromatic carbocycles. The minimum atomic E-state index is 0.476. The molecule has 0 aliphatic rings. The molecule has 186 valence electrons. The normalized spacial score (nSPS) is 11.2. The van der Waals surface area contributed by atoms with Gasteiger partial charge in [-0.05, 0) is 60.4 Å². The van der Waals surface area contributed by atoms with Crippen LogP contribution in [0.15, 0.2) is 83.1 Å². The van der Waals surface area contributed by atoms with Crippen LogP contribution in [0, 0.1) is 0 Å². The zero-order valence-electron chi connectivity index (χ0n) is 20.4. The van der Waals surface area contributed by atoms with Crippen LogP contribution in [0.25, 0.3) is 0 Å². The molecule has 1 aromatic heterocycles. The molecule has 0 spiro atoms. The highest BCUT2D eigenvalue weighted by molar-refractivity contribution is 7.98. The van der Waals surface area contributed by atoms with Crippen molar-refractivity contribution in [2.45, 2.75) is 44.2 Å². The summed E-state index contributed by atoms with van der Waals surface area (Å²) in [4.78, 5) is 0. The van der Waals surface area contributed by atoms with Gasteiger partial charge in [0.1, 0.15) is 6.61 Å². The average molecular weight is 521 g/mol. The number of benzene rings is 3. The van der Waals surface area contributed by atoms with Gasteiger partial charge in [-0.15, -0.1) is 10.2 Å². The van der Waals surface area contributed by atoms with Gasteiger partial charge in [0.05, 0.1) is 12.8 Å². The van der Waals surface area contributed by atoms with E-state index in [9.17, 15) is 0 Å². The van der Waals surface area contributed by atoms with E-state index >= 15 is 0 Å². The van der Waals surface area contributed by atoms with Crippen LogP contribution in [0.2, 0.25) is 5.02 Å². The topological polar surface area (TPSA) is 61.5 Å². The van der Waals surface area contributed by atoms with E-state index in [-0.39, 0.29) is 0 Å². The molecule has 0 fully saturated rings. The number of thioether (sulfide) groups is 1. The SMILES string of the molecule is CCCc1nnc(SCc2ccc(Cl)cc2)n1/N=C/c1ccc(OCc2ccccc2)c(OCC)c1. The van der Waals surface area contributed by atoms with E-state index in [2.05, 4.69) is 17.1 Å². The molecule has 4 rings (SSSR count). The van der Waals surface area contributed by atoms with Gasteiger partial charge >= 0.3 is 0 Å². The Bertz CT molecular complexity index is 1280. The maximum atomic E-state index is 6.03. The lowest BCUT2D eigenvalue weighted by Crippen LogP contribution is -2.02. The van der Waals surface area contributed by atoms with E-state index in [0.29, 0.717) is 24.7 Å². The van der Waals surface area contributed by atoms with Crippen LogP contribution in [0.3, 0.4) is 0 Å². The van der Waals surface area contributed by atoms with Crippen LogP contribution in [-0.2, 0) is 18.8 Å². The van der Waals surface area contributed by atoms with Crippen molar-refractivity contribution in [2.24, 2.45) is 5.10 Å². The Labute approximate surface area is 221 Å². The fourth-order valence-corrected chi connectivity index (χ4v) is 4.45. The first-order valence-corrected chi connectivity index (χ1v) is 13.3. The molecule has 8 heteroatoms. The summed E-state index contributed by atoms with van der Waals surface area (Å²) in [6.07, 6.45) is 3.55. The third-order valence-electron chi connectivity index (χ3n) is 5.26. The molecular weight excluding hydrogens is 492 g/mol. The summed E-state index contributed by atoms with van der Waals surface area (Å²) in [6, 6.07) is 23.7. The first-order chi connectivity index (χ1) is 17.7. The molecular formula is C28H29ClN4O2S. The number of halogens is 1. The second kappa shape index (κ2) is 13.1. The smallest absolute Gasteiger partial charge is 0.212 e. The highest BCUT2D eigenvalue weighted by Crippen LogP contribution is 2.29. The quantitative estimate of drug-likeness (QED) is 0.148. The van der Waals surface area contributed by atoms with Gasteiger partial charge in [0.2, 0.25) is 5.16 Å². The minimum absolute atomic E-state index is 0.476. The number of aromatic nitrogens is 3. The van der Waals surface area contributed by atoms with Crippen LogP contribution in [-0.4, -0.2) is 27.7 Å². The van der Waals surface area contributed by atoms with Crippen molar-refractivity contribution in [3.05, 3.63) is 100 Å². The van der Waals surface area contributed by atoms with E-state index in [1.807, 2.05) is 84.4 Å². The van der Waals surface area contributed by atoms with Gasteiger partial charge in [0.25, 0.3) is 0 Å². The van der Waals surface area contributed by atoms with Gasteiger partial charge in [0.15, 0.2) is 17.3 Å². The highest BCUT2D eigenvalue weighted by atomic mass is 35.5. The van der Waals surface area contributed by atoms with Crippen molar-refractivity contribution in [1.82, 2.24) is 14.9 Å². The summed E-state index contributed by atoms with van der Waals surface area (Å²) < 4.78 is 13.7. The van der Waals surface area contributed by atoms with Crippen molar-refractivity contribution in [3.8, 4) is 11.5 Å². The van der Waals surface area contributed by atoms with Crippen LogP contribution in [0.5, 0.6) is 11.5 Å². The third-order valence-corrected chi connectivity index (χ3v) is 6.50. The van der Waals surface area contributed by atoms with Gasteiger partial charge in [-0.2, -0.15) is 9.78 Å². The molecule has 1 heterocycles. The lowest BCUT2D eigenvalue weighted by atomic mass is 10.2. The molecule has 0 amide bonds. The molecule has 0 saturated heterocycles. The number of rotatable bonds is 12. The molecule has 4 aromatic rings. The van der Waals surface area contributed by atoms with Gasteiger partial charge in [0, 0.05) is 17.2 Å². The first kappa shape index (κ1) is 25.8. The van der Waals surface area contributed by atoms with Gasteiger partial charge in [-0.3, -0.25) is 0 Å². The largest absolute Gasteiger partial charge is 0.490 e. The highest BCUT2D eigenvalue weighted by Gasteiger charge is 2.12. The lowest BCUT2D eigenvalue weighted by molar-refractivity contribution is 0.269. The Morgan fingerprint density at radius 1 is 0.917 bits per heavy atom. The molecule has 0 saturated carbocycles. The zero-order chi connectivity index (χ0) is 25.2. The summed E-state index contributed by atoms with van der Waals surface area (Å²) in [5, 5.41) is 15.0. The summed E-state index contributed by atoms with van der Waals surface area (Å²) >= 11 is 7.60. The molecule has 0 atom stereocenters. The van der Waals surface area contributed by atoms with Crippen LogP contribution >= 0.6 is 23.4 Å². The number of hydrogen-bond donors (Lipinski definition) is 0. The Kier molecular flexibility index (Phi) is 9.41. The fraction of sp³-hybridized carbons (Fsp3) is 0.250. The Balaban J connectivity index is 1.51. The van der Waals surface area contributed by atoms with E-state index < -0.39 is 0 Å². The van der Waals surface area contributed by atoms with Gasteiger partial charge < -0.3 is 9.47 Å². The molecule has 0 N–H and O–H groups in total. The van der Waals surface area contributed by atoms with Crippen LogP contribution < -0.4 is 9.47 Å². The number of ether oxygens (including phenoxy) is 2. The standard InChI is InChI=1S/C28H29ClN4O2S/c1-3-8-27-31-32-28(36-20-22-11-14-24(29)15-12-22)33(27)30-18-23-13-16-25(26(17-23)34-4-2)35-19-21-9-6-5-7-10-21/h5-7,9-18H,3-4,8,19-20H2,1-2H3/b30-18+. The monoisotopic (exact) mass is 520 g/mol. The Morgan fingerprint density at radius 2 is 1.72 bits per heavy atom. The van der Waals surface area contributed by atoms with Gasteiger partial charge in [-0.1, -0.05) is 72.8 Å². The van der Waals surface area contributed by atoms with Crippen LogP contribution in [0.1, 0.15) is 42.8 Å². The van der Waals surface area contributed by atoms with Crippen molar-refractivity contribution >= 4 is 29.6 Å². The predicted molar refractivity (Wildman–Crippen MR) is 146 cm³/mol. The average Bonchev–Trinajstić information content (AvgIpc) is 3.29. The Hall–Kier alpha value is -3.29. The lowest BCUT2D eigenvalue weighted by Gasteiger charge is -2.12. The minimum Gasteiger partial charge on any atom is -0.490 e. The Morgan fingerprint density at radius 3 is 2.47 bits per heavy atom. The van der Waals surface area contributed by atoms with Crippen molar-refractivity contribution in [3.63, 3.8) is 0 Å². The molecule has 6 nitrogen and oxygen atoms in total. The maximum absolute atomic E-state index is 6.03. The summed E-state index contributed by atoms with van der Waals surface area (Å²) in [6.45, 7) is 5.09. The molecule has 0 unspecified atom stereocenters. The zero-order valence-corrected chi connectivity index (χ0v) is 22.0. The van der Waals surface area contributed by atoms with E-state index in [1.165, 1.54) is 0 Å². The molecule has 36 heavy (non-hydrogen) atoms. The summed E-state index contributed by atoms with van der Waals surface area (Å²) in [5.74, 6) is 2.97. The second-order valence-corrected chi connectivity index (χ2v) is 9.41. The predicted octanol–water partition coefficient (Wildman–Crippen LogP) is 7.04. The maximum Gasteiger partial charge on any atom is 0.212 e. The molecule has 0 bridgehead atoms. The number of hydrogen-bond acceptors (Lipinski definition) is 6. The fourth-order valence-electron chi connectivity index (χ4n) is 3.46. The van der Waals surface area contributed by atoms with Gasteiger partial charge in [-0.25, -0.2) is 0 Å². The van der Waals surface area contributed by atoms with Crippen molar-refractivity contribution in [1.29, 1.82) is 0 Å². The van der Waals surface area contributed by atoms with E-state index in [0.717, 1.165) is 51.3 Å². The number of nitrogens with zero attached hydrogens (tertiary/aromatic N) is 4. The summed E-state index contributed by atoms with van der Waals surface area (Å²) in [7, 11) is 0. The van der Waals surface area contributed by atoms with E-state index in [1.54, 1.807) is 18.0 Å². The number of aryl methyl sites for hydroxylation is 1. The second-order valence-electron chi connectivity index (χ2n) is 8.03. The third kappa shape index (κ3) is 7.12. The van der Waals surface area contributed by atoms with Crippen molar-refractivity contribution in [2.75, 3.05) is 6.61 Å². The van der Waals surface area contributed by atoms with Crippen molar-refractivity contribution < 1.29 is 9.47 Å².